The minimum atomic E-state index is 1.04. The van der Waals surface area contributed by atoms with E-state index in [1.54, 1.807) is 0 Å². The van der Waals surface area contributed by atoms with Gasteiger partial charge in [-0.3, -0.25) is 9.97 Å². The average Bonchev–Trinajstić information content (AvgIpc) is 3.33. The van der Waals surface area contributed by atoms with Gasteiger partial charge in [0.2, 0.25) is 0 Å². The van der Waals surface area contributed by atoms with Crippen molar-refractivity contribution in [2.75, 3.05) is 0 Å². The van der Waals surface area contributed by atoms with E-state index >= 15 is 0 Å². The third-order valence-corrected chi connectivity index (χ3v) is 8.29. The first kappa shape index (κ1) is 20.0. The van der Waals surface area contributed by atoms with E-state index in [0.717, 1.165) is 11.4 Å². The van der Waals surface area contributed by atoms with E-state index < -0.39 is 0 Å². The normalized spacial score (nSPS) is 12.2. The molecule has 8 aromatic rings. The Balaban J connectivity index is 1.40. The molecule has 0 saturated heterocycles. The summed E-state index contributed by atoms with van der Waals surface area (Å²) >= 11 is 0. The molecule has 2 heterocycles. The van der Waals surface area contributed by atoms with E-state index in [2.05, 4.69) is 109 Å². The summed E-state index contributed by atoms with van der Waals surface area (Å²) in [6.07, 6.45) is 3.85. The number of aromatic nitrogens is 2. The van der Waals surface area contributed by atoms with E-state index in [1.165, 1.54) is 76.1 Å². The molecule has 0 amide bonds. The number of hydrogen-bond donors (Lipinski definition) is 0. The summed E-state index contributed by atoms with van der Waals surface area (Å²) in [7, 11) is 0. The molecule has 2 heteroatoms. The lowest BCUT2D eigenvalue weighted by Gasteiger charge is -2.12. The quantitative estimate of drug-likeness (QED) is 0.230. The van der Waals surface area contributed by atoms with Crippen molar-refractivity contribution >= 4 is 53.9 Å². The van der Waals surface area contributed by atoms with Gasteiger partial charge in [-0.05, 0) is 66.3 Å². The van der Waals surface area contributed by atoms with Gasteiger partial charge in [0.15, 0.2) is 0 Å². The summed E-state index contributed by atoms with van der Waals surface area (Å²) in [5.74, 6) is 0. The molecule has 6 aromatic carbocycles. The van der Waals surface area contributed by atoms with Crippen molar-refractivity contribution in [2.45, 2.75) is 0 Å². The molecule has 38 heavy (non-hydrogen) atoms. The number of nitrogens with zero attached hydrogens (tertiary/aromatic N) is 2. The van der Waals surface area contributed by atoms with Crippen LogP contribution in [0.15, 0.2) is 122 Å². The molecule has 0 aliphatic heterocycles. The summed E-state index contributed by atoms with van der Waals surface area (Å²) in [6, 6.07) is 39.4. The van der Waals surface area contributed by atoms with Crippen LogP contribution in [-0.4, -0.2) is 9.97 Å². The van der Waals surface area contributed by atoms with Crippen LogP contribution in [0.2, 0.25) is 0 Å². The first-order chi connectivity index (χ1) is 18.9. The third-order valence-electron chi connectivity index (χ3n) is 8.29. The van der Waals surface area contributed by atoms with E-state index in [0.29, 0.717) is 0 Å². The summed E-state index contributed by atoms with van der Waals surface area (Å²) in [6.45, 7) is 0. The molecule has 0 bridgehead atoms. The summed E-state index contributed by atoms with van der Waals surface area (Å²) in [4.78, 5) is 9.74. The fourth-order valence-corrected chi connectivity index (χ4v) is 6.64. The lowest BCUT2D eigenvalue weighted by Crippen LogP contribution is -1.88. The van der Waals surface area contributed by atoms with Gasteiger partial charge in [-0.2, -0.15) is 0 Å². The Morgan fingerprint density at radius 2 is 0.789 bits per heavy atom. The van der Waals surface area contributed by atoms with E-state index in [1.807, 2.05) is 12.4 Å². The zero-order valence-corrected chi connectivity index (χ0v) is 20.4. The second-order valence-electron chi connectivity index (χ2n) is 10.2. The molecule has 1 aliphatic rings. The first-order valence-electron chi connectivity index (χ1n) is 13.0. The summed E-state index contributed by atoms with van der Waals surface area (Å²) in [5.41, 5.74) is 7.05. The monoisotopic (exact) mass is 480 g/mol. The van der Waals surface area contributed by atoms with Crippen LogP contribution in [0.3, 0.4) is 0 Å². The molecular formula is C36H20N2. The highest BCUT2D eigenvalue weighted by molar-refractivity contribution is 6.35. The van der Waals surface area contributed by atoms with Gasteiger partial charge in [-0.15, -0.1) is 0 Å². The van der Waals surface area contributed by atoms with Gasteiger partial charge in [0.1, 0.15) is 0 Å². The van der Waals surface area contributed by atoms with Crippen LogP contribution >= 0.6 is 0 Å². The topological polar surface area (TPSA) is 25.8 Å². The third kappa shape index (κ3) is 2.51. The van der Waals surface area contributed by atoms with Crippen LogP contribution in [0, 0.1) is 0 Å². The molecule has 1 aliphatic carbocycles. The van der Waals surface area contributed by atoms with Crippen molar-refractivity contribution in [1.82, 2.24) is 9.97 Å². The van der Waals surface area contributed by atoms with Crippen LogP contribution in [0.4, 0.5) is 0 Å². The predicted octanol–water partition coefficient (Wildman–Crippen LogP) is 9.56. The van der Waals surface area contributed by atoms with Gasteiger partial charge in [0, 0.05) is 34.3 Å². The standard InChI is InChI=1S/C36H20N2/c1-3-7-24-21(5-1)17-19-37-35(24)30-15-13-26-27-14-16-31(36-25-8-4-2-6-22(25)18-20-38-36)29-12-10-23-9-11-28(30)33(26)32(23)34(27)29/h1-20H. The molecule has 0 unspecified atom stereocenters. The van der Waals surface area contributed by atoms with Crippen molar-refractivity contribution in [1.29, 1.82) is 0 Å². The van der Waals surface area contributed by atoms with Gasteiger partial charge in [0.05, 0.1) is 11.4 Å². The molecule has 0 spiro atoms. The van der Waals surface area contributed by atoms with E-state index in [9.17, 15) is 0 Å². The average molecular weight is 481 g/mol. The highest BCUT2D eigenvalue weighted by Crippen LogP contribution is 2.51. The molecule has 0 saturated carbocycles. The Bertz CT molecular complexity index is 2120. The number of pyridine rings is 2. The molecule has 0 radical (unpaired) electrons. The molecule has 0 fully saturated rings. The number of fused-ring (bicyclic) bond motifs is 3. The van der Waals surface area contributed by atoms with Gasteiger partial charge < -0.3 is 0 Å². The Morgan fingerprint density at radius 1 is 0.316 bits per heavy atom. The number of benzene rings is 6. The van der Waals surface area contributed by atoms with E-state index in [-0.39, 0.29) is 0 Å². The summed E-state index contributed by atoms with van der Waals surface area (Å²) in [5, 5.41) is 12.6. The Hall–Kier alpha value is -5.08. The second kappa shape index (κ2) is 7.24. The number of rotatable bonds is 2. The Labute approximate surface area is 218 Å². The van der Waals surface area contributed by atoms with Crippen LogP contribution in [0.25, 0.3) is 87.5 Å². The lowest BCUT2D eigenvalue weighted by atomic mass is 9.93. The van der Waals surface area contributed by atoms with Gasteiger partial charge in [-0.1, -0.05) is 97.1 Å². The molecule has 9 rings (SSSR count). The minimum absolute atomic E-state index is 1.04. The SMILES string of the molecule is c1ccc2c(-c3ccc4c5c3ccc3ccc6c(-c7nccc8ccccc78)ccc-4c6c35)nccc2c1. The predicted molar refractivity (Wildman–Crippen MR) is 159 cm³/mol. The van der Waals surface area contributed by atoms with Crippen molar-refractivity contribution in [2.24, 2.45) is 0 Å². The first-order valence-corrected chi connectivity index (χ1v) is 13.0. The smallest absolute Gasteiger partial charge is 0.0786 e. The molecule has 2 nitrogen and oxygen atoms in total. The van der Waals surface area contributed by atoms with Crippen molar-refractivity contribution in [3.8, 4) is 33.6 Å². The lowest BCUT2D eigenvalue weighted by molar-refractivity contribution is 1.36. The Morgan fingerprint density at radius 3 is 1.32 bits per heavy atom. The zero-order chi connectivity index (χ0) is 24.8. The molecule has 174 valence electrons. The maximum absolute atomic E-state index is 4.87. The Kier molecular flexibility index (Phi) is 3.82. The van der Waals surface area contributed by atoms with Gasteiger partial charge in [0.25, 0.3) is 0 Å². The van der Waals surface area contributed by atoms with Crippen LogP contribution in [-0.2, 0) is 0 Å². The van der Waals surface area contributed by atoms with Crippen molar-refractivity contribution in [3.63, 3.8) is 0 Å². The second-order valence-corrected chi connectivity index (χ2v) is 10.2. The van der Waals surface area contributed by atoms with Crippen LogP contribution in [0.1, 0.15) is 0 Å². The maximum atomic E-state index is 4.87. The summed E-state index contributed by atoms with van der Waals surface area (Å²) < 4.78 is 0. The number of hydrogen-bond acceptors (Lipinski definition) is 2. The fraction of sp³-hybridized carbons (Fsp3) is 0. The highest BCUT2D eigenvalue weighted by atomic mass is 14.7. The van der Waals surface area contributed by atoms with Crippen LogP contribution < -0.4 is 0 Å². The van der Waals surface area contributed by atoms with E-state index in [4.69, 9.17) is 9.97 Å². The van der Waals surface area contributed by atoms with Gasteiger partial charge >= 0.3 is 0 Å². The fourth-order valence-electron chi connectivity index (χ4n) is 6.64. The zero-order valence-electron chi connectivity index (χ0n) is 20.4. The minimum Gasteiger partial charge on any atom is -0.256 e. The maximum Gasteiger partial charge on any atom is 0.0786 e. The molecule has 0 atom stereocenters. The highest BCUT2D eigenvalue weighted by Gasteiger charge is 2.24. The largest absolute Gasteiger partial charge is 0.256 e. The van der Waals surface area contributed by atoms with Gasteiger partial charge in [-0.25, -0.2) is 0 Å². The molecule has 0 N–H and O–H groups in total. The van der Waals surface area contributed by atoms with Crippen molar-refractivity contribution in [3.05, 3.63) is 122 Å². The van der Waals surface area contributed by atoms with Crippen LogP contribution in [0.5, 0.6) is 0 Å². The molecular weight excluding hydrogens is 460 g/mol. The molecule has 2 aromatic heterocycles. The van der Waals surface area contributed by atoms with Crippen molar-refractivity contribution < 1.29 is 0 Å².